The molecule has 1 N–H and O–H groups in total. The summed E-state index contributed by atoms with van der Waals surface area (Å²) in [6, 6.07) is 15.0. The molecule has 33 heavy (non-hydrogen) atoms. The van der Waals surface area contributed by atoms with Gasteiger partial charge in [-0.25, -0.2) is 9.97 Å². The number of aromatic nitrogens is 4. The zero-order valence-electron chi connectivity index (χ0n) is 18.0. The Morgan fingerprint density at radius 1 is 1.09 bits per heavy atom. The monoisotopic (exact) mass is 473 g/mol. The van der Waals surface area contributed by atoms with Gasteiger partial charge in [-0.15, -0.1) is 0 Å². The Kier molecular flexibility index (Phi) is 5.66. The first-order chi connectivity index (χ1) is 16.0. The Balaban J connectivity index is 1.37. The molecular weight excluding hydrogens is 454 g/mol. The van der Waals surface area contributed by atoms with E-state index in [1.165, 1.54) is 11.3 Å². The summed E-state index contributed by atoms with van der Waals surface area (Å²) >= 11 is 7.72. The van der Waals surface area contributed by atoms with Crippen LogP contribution in [-0.2, 0) is 6.42 Å². The number of nitrogens with zero attached hydrogens (tertiary/aromatic N) is 4. The van der Waals surface area contributed by atoms with Crippen molar-refractivity contribution in [1.82, 2.24) is 19.4 Å². The van der Waals surface area contributed by atoms with E-state index in [0.717, 1.165) is 44.0 Å². The first kappa shape index (κ1) is 21.3. The highest BCUT2D eigenvalue weighted by Crippen LogP contribution is 2.33. The van der Waals surface area contributed by atoms with Crippen LogP contribution in [0.5, 0.6) is 0 Å². The fraction of sp³-hybridized carbons (Fsp3) is 0.120. The third-order valence-electron chi connectivity index (χ3n) is 5.40. The number of rotatable bonds is 6. The molecule has 1 aromatic carbocycles. The second-order valence-electron chi connectivity index (χ2n) is 7.70. The van der Waals surface area contributed by atoms with Gasteiger partial charge in [0.15, 0.2) is 10.9 Å². The lowest BCUT2D eigenvalue weighted by Gasteiger charge is -2.07. The van der Waals surface area contributed by atoms with Crippen molar-refractivity contribution < 1.29 is 4.79 Å². The maximum Gasteiger partial charge on any atom is 0.187 e. The van der Waals surface area contributed by atoms with E-state index in [-0.39, 0.29) is 5.78 Å². The highest BCUT2D eigenvalue weighted by atomic mass is 35.5. The highest BCUT2D eigenvalue weighted by molar-refractivity contribution is 7.18. The number of pyridine rings is 2. The second kappa shape index (κ2) is 8.77. The molecule has 4 heterocycles. The largest absolute Gasteiger partial charge is 0.332 e. The van der Waals surface area contributed by atoms with Gasteiger partial charge in [0.25, 0.3) is 0 Å². The lowest BCUT2D eigenvalue weighted by atomic mass is 10.0. The number of anilines is 2. The van der Waals surface area contributed by atoms with Crippen LogP contribution in [0, 0.1) is 13.8 Å². The van der Waals surface area contributed by atoms with Gasteiger partial charge in [-0.3, -0.25) is 14.2 Å². The molecular formula is C25H20ClN5OS. The van der Waals surface area contributed by atoms with Gasteiger partial charge in [-0.05, 0) is 49.7 Å². The zero-order chi connectivity index (χ0) is 22.9. The molecule has 0 aliphatic rings. The molecule has 0 atom stereocenters. The number of aryl methyl sites for hydroxylation is 2. The first-order valence-electron chi connectivity index (χ1n) is 10.4. The summed E-state index contributed by atoms with van der Waals surface area (Å²) in [7, 11) is 0. The van der Waals surface area contributed by atoms with Gasteiger partial charge in [0.1, 0.15) is 5.65 Å². The maximum absolute atomic E-state index is 12.8. The van der Waals surface area contributed by atoms with E-state index in [1.807, 2.05) is 79.2 Å². The third-order valence-corrected chi connectivity index (χ3v) is 6.54. The number of imidazole rings is 1. The third kappa shape index (κ3) is 4.37. The molecule has 0 aliphatic heterocycles. The minimum absolute atomic E-state index is 0.0489. The fourth-order valence-corrected chi connectivity index (χ4v) is 4.84. The molecule has 5 aromatic rings. The number of ketones is 1. The summed E-state index contributed by atoms with van der Waals surface area (Å²) in [6.07, 6.45) is 5.74. The van der Waals surface area contributed by atoms with Gasteiger partial charge in [-0.1, -0.05) is 41.1 Å². The van der Waals surface area contributed by atoms with Crippen LogP contribution in [-0.4, -0.2) is 25.1 Å². The number of carbonyl (C=O) groups excluding carboxylic acids is 1. The average Bonchev–Trinajstić information content (AvgIpc) is 3.38. The summed E-state index contributed by atoms with van der Waals surface area (Å²) in [6.45, 7) is 3.89. The molecule has 0 saturated carbocycles. The van der Waals surface area contributed by atoms with Crippen molar-refractivity contribution in [2.24, 2.45) is 0 Å². The topological polar surface area (TPSA) is 72.2 Å². The average molecular weight is 474 g/mol. The van der Waals surface area contributed by atoms with Crippen molar-refractivity contribution in [3.63, 3.8) is 0 Å². The first-order valence-corrected chi connectivity index (χ1v) is 11.6. The van der Waals surface area contributed by atoms with Crippen LogP contribution < -0.4 is 5.32 Å². The van der Waals surface area contributed by atoms with Gasteiger partial charge in [0.05, 0.1) is 21.3 Å². The lowest BCUT2D eigenvalue weighted by molar-refractivity contribution is 0.0992. The Morgan fingerprint density at radius 2 is 1.97 bits per heavy atom. The van der Waals surface area contributed by atoms with Crippen LogP contribution in [0.2, 0.25) is 5.02 Å². The minimum Gasteiger partial charge on any atom is -0.332 e. The summed E-state index contributed by atoms with van der Waals surface area (Å²) in [5.41, 5.74) is 5.98. The number of nitrogens with one attached hydrogen (secondary N) is 1. The summed E-state index contributed by atoms with van der Waals surface area (Å²) in [4.78, 5) is 27.2. The van der Waals surface area contributed by atoms with Crippen LogP contribution in [0.4, 0.5) is 10.8 Å². The Bertz CT molecular complexity index is 1490. The molecule has 0 aliphatic carbocycles. The maximum atomic E-state index is 12.8. The van der Waals surface area contributed by atoms with E-state index >= 15 is 0 Å². The Labute approximate surface area is 199 Å². The predicted octanol–water partition coefficient (Wildman–Crippen LogP) is 6.29. The molecule has 0 unspecified atom stereocenters. The van der Waals surface area contributed by atoms with E-state index in [1.54, 1.807) is 6.20 Å². The van der Waals surface area contributed by atoms with E-state index in [2.05, 4.69) is 20.3 Å². The van der Waals surface area contributed by atoms with Crippen LogP contribution in [0.3, 0.4) is 0 Å². The molecule has 0 amide bonds. The molecule has 0 fully saturated rings. The summed E-state index contributed by atoms with van der Waals surface area (Å²) in [5, 5.41) is 4.70. The van der Waals surface area contributed by atoms with E-state index in [4.69, 9.17) is 11.6 Å². The molecule has 8 heteroatoms. The highest BCUT2D eigenvalue weighted by Gasteiger charge is 2.15. The normalized spacial score (nSPS) is 11.1. The lowest BCUT2D eigenvalue weighted by Crippen LogP contribution is -2.06. The fourth-order valence-electron chi connectivity index (χ4n) is 3.75. The molecule has 6 nitrogen and oxygen atoms in total. The zero-order valence-corrected chi connectivity index (χ0v) is 19.6. The number of Topliss-reactive ketones (excluding diaryl/α,β-unsaturated/α-hetero) is 1. The van der Waals surface area contributed by atoms with Gasteiger partial charge < -0.3 is 5.32 Å². The SMILES string of the molecule is Cc1ncccc1CC(=O)c1cccc(Nc2ncc(-c3c(C)nc4ccc(Cl)cn34)s2)c1. The van der Waals surface area contributed by atoms with E-state index < -0.39 is 0 Å². The van der Waals surface area contributed by atoms with Crippen LogP contribution >= 0.6 is 22.9 Å². The van der Waals surface area contributed by atoms with Crippen LogP contribution in [0.25, 0.3) is 16.2 Å². The quantitative estimate of drug-likeness (QED) is 0.293. The van der Waals surface area contributed by atoms with Crippen LogP contribution in [0.15, 0.2) is 67.1 Å². The number of halogens is 1. The van der Waals surface area contributed by atoms with Crippen molar-refractivity contribution in [1.29, 1.82) is 0 Å². The summed E-state index contributed by atoms with van der Waals surface area (Å²) in [5.74, 6) is 0.0489. The number of thiazole rings is 1. The van der Waals surface area contributed by atoms with Gasteiger partial charge >= 0.3 is 0 Å². The number of hydrogen-bond donors (Lipinski definition) is 1. The number of benzene rings is 1. The van der Waals surface area contributed by atoms with Crippen molar-refractivity contribution in [3.8, 4) is 10.6 Å². The Morgan fingerprint density at radius 3 is 2.82 bits per heavy atom. The van der Waals surface area contributed by atoms with Crippen molar-refractivity contribution in [2.75, 3.05) is 5.32 Å². The molecule has 0 radical (unpaired) electrons. The number of hydrogen-bond acceptors (Lipinski definition) is 6. The predicted molar refractivity (Wildman–Crippen MR) is 133 cm³/mol. The molecule has 5 rings (SSSR count). The van der Waals surface area contributed by atoms with Crippen molar-refractivity contribution in [2.45, 2.75) is 20.3 Å². The van der Waals surface area contributed by atoms with Gasteiger partial charge in [0, 0.05) is 42.0 Å². The number of fused-ring (bicyclic) bond motifs is 1. The molecule has 0 spiro atoms. The standard InChI is InChI=1S/C25H20ClN5OS/c1-15-17(6-4-10-27-15)12-21(32)18-5-3-7-20(11-18)30-25-28-13-22(33-25)24-16(2)29-23-9-8-19(26)14-31(23)24/h3-11,13-14H,12H2,1-2H3,(H,28,30). The Hall–Kier alpha value is -3.55. The van der Waals surface area contributed by atoms with Crippen LogP contribution in [0.1, 0.15) is 27.3 Å². The van der Waals surface area contributed by atoms with Crippen molar-refractivity contribution in [3.05, 3.63) is 94.7 Å². The van der Waals surface area contributed by atoms with Gasteiger partial charge in [-0.2, -0.15) is 0 Å². The molecule has 4 aromatic heterocycles. The second-order valence-corrected chi connectivity index (χ2v) is 9.17. The van der Waals surface area contributed by atoms with Gasteiger partial charge in [0.2, 0.25) is 0 Å². The minimum atomic E-state index is 0.0489. The molecule has 0 saturated heterocycles. The van der Waals surface area contributed by atoms with E-state index in [0.29, 0.717) is 17.0 Å². The van der Waals surface area contributed by atoms with Crippen molar-refractivity contribution >= 4 is 45.2 Å². The summed E-state index contributed by atoms with van der Waals surface area (Å²) < 4.78 is 1.98. The molecule has 0 bridgehead atoms. The molecule has 164 valence electrons. The number of carbonyl (C=O) groups is 1. The van der Waals surface area contributed by atoms with E-state index in [9.17, 15) is 4.79 Å². The smallest absolute Gasteiger partial charge is 0.187 e.